The summed E-state index contributed by atoms with van der Waals surface area (Å²) in [6, 6.07) is 10.7. The Labute approximate surface area is 170 Å². The summed E-state index contributed by atoms with van der Waals surface area (Å²) in [6.07, 6.45) is 3.46. The van der Waals surface area contributed by atoms with Crippen molar-refractivity contribution in [3.05, 3.63) is 58.3 Å². The van der Waals surface area contributed by atoms with Crippen LogP contribution >= 0.6 is 15.9 Å². The number of hydrogen-bond acceptors (Lipinski definition) is 5. The molecule has 1 aromatic carbocycles. The Kier molecular flexibility index (Phi) is 5.03. The third-order valence-electron chi connectivity index (χ3n) is 5.09. The summed E-state index contributed by atoms with van der Waals surface area (Å²) in [4.78, 5) is 23.7. The standard InChI is InChI=1S/C20H18BrN5O2/c21-14-3-4-15-16(12-24-17(15)10-14)18(20(27)28)25-6-8-26(9-7-25)19-13(11-22)2-1-5-23-19/h1-5,10,12,18,24H,6-9H2,(H,27,28)/t18-/m1/s1. The molecule has 8 heteroatoms. The Morgan fingerprint density at radius 2 is 2.07 bits per heavy atom. The average Bonchev–Trinajstić information content (AvgIpc) is 3.11. The number of carboxylic acids is 1. The van der Waals surface area contributed by atoms with Crippen molar-refractivity contribution < 1.29 is 9.90 Å². The molecule has 3 heterocycles. The van der Waals surface area contributed by atoms with Crippen LogP contribution in [-0.4, -0.2) is 52.1 Å². The number of hydrogen-bond donors (Lipinski definition) is 2. The molecule has 4 rings (SSSR count). The van der Waals surface area contributed by atoms with Gasteiger partial charge in [0.1, 0.15) is 17.9 Å². The molecule has 0 unspecified atom stereocenters. The highest BCUT2D eigenvalue weighted by Crippen LogP contribution is 2.31. The third kappa shape index (κ3) is 3.35. The molecule has 0 aliphatic carbocycles. The van der Waals surface area contributed by atoms with Crippen LogP contribution in [0.25, 0.3) is 10.9 Å². The lowest BCUT2D eigenvalue weighted by Gasteiger charge is -2.38. The van der Waals surface area contributed by atoms with Gasteiger partial charge in [0.2, 0.25) is 0 Å². The maximum absolute atomic E-state index is 12.1. The van der Waals surface area contributed by atoms with Gasteiger partial charge >= 0.3 is 5.97 Å². The normalized spacial score (nSPS) is 16.1. The Bertz CT molecular complexity index is 1070. The molecule has 28 heavy (non-hydrogen) atoms. The van der Waals surface area contributed by atoms with Crippen molar-refractivity contribution in [1.82, 2.24) is 14.9 Å². The minimum atomic E-state index is -0.868. The van der Waals surface area contributed by atoms with E-state index in [1.807, 2.05) is 28.0 Å². The number of fused-ring (bicyclic) bond motifs is 1. The number of pyridine rings is 1. The first-order chi connectivity index (χ1) is 13.6. The van der Waals surface area contributed by atoms with Crippen LogP contribution in [0.1, 0.15) is 17.2 Å². The van der Waals surface area contributed by atoms with E-state index in [1.165, 1.54) is 0 Å². The molecular formula is C20H18BrN5O2. The monoisotopic (exact) mass is 439 g/mol. The van der Waals surface area contributed by atoms with Gasteiger partial charge in [-0.2, -0.15) is 5.26 Å². The van der Waals surface area contributed by atoms with Gasteiger partial charge in [-0.15, -0.1) is 0 Å². The summed E-state index contributed by atoms with van der Waals surface area (Å²) in [7, 11) is 0. The second-order valence-corrected chi connectivity index (χ2v) is 7.60. The molecule has 1 fully saturated rings. The van der Waals surface area contributed by atoms with Crippen LogP contribution in [0.3, 0.4) is 0 Å². The molecule has 0 radical (unpaired) electrons. The van der Waals surface area contributed by atoms with Gasteiger partial charge in [-0.25, -0.2) is 4.98 Å². The van der Waals surface area contributed by atoms with E-state index < -0.39 is 12.0 Å². The third-order valence-corrected chi connectivity index (χ3v) is 5.58. The molecule has 0 saturated carbocycles. The molecule has 142 valence electrons. The van der Waals surface area contributed by atoms with E-state index in [1.54, 1.807) is 24.5 Å². The maximum Gasteiger partial charge on any atom is 0.325 e. The number of carbonyl (C=O) groups is 1. The van der Waals surface area contributed by atoms with Crippen molar-refractivity contribution in [3.8, 4) is 6.07 Å². The molecule has 0 spiro atoms. The van der Waals surface area contributed by atoms with Crippen LogP contribution in [0.15, 0.2) is 47.2 Å². The number of nitriles is 1. The molecule has 7 nitrogen and oxygen atoms in total. The van der Waals surface area contributed by atoms with Gasteiger partial charge in [0, 0.05) is 59.5 Å². The number of halogens is 1. The molecule has 3 aromatic rings. The topological polar surface area (TPSA) is 96.2 Å². The highest BCUT2D eigenvalue weighted by molar-refractivity contribution is 9.10. The predicted octanol–water partition coefficient (Wildman–Crippen LogP) is 3.14. The summed E-state index contributed by atoms with van der Waals surface area (Å²) >= 11 is 3.44. The van der Waals surface area contributed by atoms with Gasteiger partial charge in [0.25, 0.3) is 0 Å². The zero-order valence-electron chi connectivity index (χ0n) is 15.0. The zero-order chi connectivity index (χ0) is 19.7. The van der Waals surface area contributed by atoms with Crippen molar-refractivity contribution in [1.29, 1.82) is 5.26 Å². The number of aliphatic carboxylic acids is 1. The van der Waals surface area contributed by atoms with E-state index in [2.05, 4.69) is 32.0 Å². The highest BCUT2D eigenvalue weighted by atomic mass is 79.9. The van der Waals surface area contributed by atoms with Gasteiger partial charge < -0.3 is 15.0 Å². The number of aromatic nitrogens is 2. The van der Waals surface area contributed by atoms with Crippen molar-refractivity contribution >= 4 is 38.6 Å². The van der Waals surface area contributed by atoms with E-state index in [-0.39, 0.29) is 0 Å². The summed E-state index contributed by atoms with van der Waals surface area (Å²) in [6.45, 7) is 2.37. The quantitative estimate of drug-likeness (QED) is 0.647. The first-order valence-electron chi connectivity index (χ1n) is 8.92. The number of rotatable bonds is 4. The van der Waals surface area contributed by atoms with Crippen molar-refractivity contribution in [2.45, 2.75) is 6.04 Å². The van der Waals surface area contributed by atoms with Crippen LogP contribution in [0, 0.1) is 11.3 Å². The first kappa shape index (κ1) is 18.5. The number of anilines is 1. The molecule has 1 aliphatic rings. The van der Waals surface area contributed by atoms with E-state index in [4.69, 9.17) is 0 Å². The minimum absolute atomic E-state index is 0.535. The molecule has 1 aliphatic heterocycles. The number of carboxylic acid groups (broad SMARTS) is 1. The molecule has 0 amide bonds. The molecule has 2 N–H and O–H groups in total. The van der Waals surface area contributed by atoms with Gasteiger partial charge in [-0.05, 0) is 24.3 Å². The molecule has 0 bridgehead atoms. The second kappa shape index (κ2) is 7.62. The first-order valence-corrected chi connectivity index (χ1v) is 9.71. The molecule has 2 aromatic heterocycles. The number of nitrogens with one attached hydrogen (secondary N) is 1. The second-order valence-electron chi connectivity index (χ2n) is 6.68. The Balaban J connectivity index is 1.57. The van der Waals surface area contributed by atoms with Crippen molar-refractivity contribution in [3.63, 3.8) is 0 Å². The van der Waals surface area contributed by atoms with Crippen molar-refractivity contribution in [2.75, 3.05) is 31.1 Å². The van der Waals surface area contributed by atoms with E-state index in [0.717, 1.165) is 20.9 Å². The number of nitrogens with zero attached hydrogens (tertiary/aromatic N) is 4. The average molecular weight is 440 g/mol. The lowest BCUT2D eigenvalue weighted by molar-refractivity contribution is -0.143. The van der Waals surface area contributed by atoms with Gasteiger partial charge in [0.15, 0.2) is 0 Å². The van der Waals surface area contributed by atoms with E-state index >= 15 is 0 Å². The molecule has 1 saturated heterocycles. The lowest BCUT2D eigenvalue weighted by atomic mass is 10.0. The maximum atomic E-state index is 12.1. The van der Waals surface area contributed by atoms with Crippen LogP contribution in [0.4, 0.5) is 5.82 Å². The smallest absolute Gasteiger partial charge is 0.325 e. The zero-order valence-corrected chi connectivity index (χ0v) is 16.6. The summed E-state index contributed by atoms with van der Waals surface area (Å²) in [5.41, 5.74) is 2.20. The number of piperazine rings is 1. The number of benzene rings is 1. The van der Waals surface area contributed by atoms with Crippen LogP contribution in [0.2, 0.25) is 0 Å². The lowest BCUT2D eigenvalue weighted by Crippen LogP contribution is -2.49. The van der Waals surface area contributed by atoms with Gasteiger partial charge in [0.05, 0.1) is 5.56 Å². The van der Waals surface area contributed by atoms with E-state index in [0.29, 0.717) is 37.6 Å². The Morgan fingerprint density at radius 3 is 2.79 bits per heavy atom. The minimum Gasteiger partial charge on any atom is -0.480 e. The van der Waals surface area contributed by atoms with Gasteiger partial charge in [-0.1, -0.05) is 22.0 Å². The van der Waals surface area contributed by atoms with Crippen molar-refractivity contribution in [2.24, 2.45) is 0 Å². The SMILES string of the molecule is N#Cc1cccnc1N1CCN([C@@H](C(=O)O)c2c[nH]c3cc(Br)ccc23)CC1. The van der Waals surface area contributed by atoms with Crippen LogP contribution in [-0.2, 0) is 4.79 Å². The highest BCUT2D eigenvalue weighted by Gasteiger charge is 2.32. The fourth-order valence-corrected chi connectivity index (χ4v) is 4.12. The fraction of sp³-hybridized carbons (Fsp3) is 0.250. The summed E-state index contributed by atoms with van der Waals surface area (Å²) in [5, 5.41) is 20.1. The number of aromatic amines is 1. The molecular weight excluding hydrogens is 422 g/mol. The summed E-state index contributed by atoms with van der Waals surface area (Å²) < 4.78 is 0.942. The number of H-pyrrole nitrogens is 1. The largest absolute Gasteiger partial charge is 0.480 e. The van der Waals surface area contributed by atoms with Gasteiger partial charge in [-0.3, -0.25) is 9.69 Å². The van der Waals surface area contributed by atoms with E-state index in [9.17, 15) is 15.2 Å². The van der Waals surface area contributed by atoms with Crippen LogP contribution in [0.5, 0.6) is 0 Å². The molecule has 1 atom stereocenters. The Morgan fingerprint density at radius 1 is 1.29 bits per heavy atom. The fourth-order valence-electron chi connectivity index (χ4n) is 3.76. The van der Waals surface area contributed by atoms with Crippen LogP contribution < -0.4 is 4.90 Å². The summed E-state index contributed by atoms with van der Waals surface area (Å²) in [5.74, 6) is -0.207. The predicted molar refractivity (Wildman–Crippen MR) is 109 cm³/mol. The Hall–Kier alpha value is -2.89.